The van der Waals surface area contributed by atoms with E-state index in [-0.39, 0.29) is 18.6 Å². The number of thiazole rings is 1. The summed E-state index contributed by atoms with van der Waals surface area (Å²) in [7, 11) is 0. The van der Waals surface area contributed by atoms with Gasteiger partial charge < -0.3 is 14.7 Å². The number of hydrogen-bond acceptors (Lipinski definition) is 7. The third kappa shape index (κ3) is 5.04. The number of benzene rings is 2. The maximum Gasteiger partial charge on any atom is 0.244 e. The molecule has 2 atom stereocenters. The Hall–Kier alpha value is -2.52. The van der Waals surface area contributed by atoms with E-state index in [1.807, 2.05) is 60.4 Å². The average Bonchev–Trinajstić information content (AvgIpc) is 3.40. The lowest BCUT2D eigenvalue weighted by Crippen LogP contribution is -2.54. The summed E-state index contributed by atoms with van der Waals surface area (Å²) in [4.78, 5) is 23.9. The summed E-state index contributed by atoms with van der Waals surface area (Å²) in [6.45, 7) is 6.96. The lowest BCUT2D eigenvalue weighted by Gasteiger charge is -2.37. The van der Waals surface area contributed by atoms with Crippen LogP contribution >= 0.6 is 11.3 Å². The number of rotatable bonds is 7. The topological polar surface area (TPSA) is 69.1 Å². The lowest BCUT2D eigenvalue weighted by molar-refractivity contribution is -0.122. The van der Waals surface area contributed by atoms with Crippen LogP contribution in [-0.4, -0.2) is 83.8 Å². The number of fused-ring (bicyclic) bond motifs is 1. The van der Waals surface area contributed by atoms with Crippen molar-refractivity contribution in [2.45, 2.75) is 25.5 Å². The fourth-order valence-electron chi connectivity index (χ4n) is 4.78. The first-order valence-electron chi connectivity index (χ1n) is 11.6. The van der Waals surface area contributed by atoms with Crippen molar-refractivity contribution in [2.75, 3.05) is 50.8 Å². The van der Waals surface area contributed by atoms with Crippen LogP contribution in [0.5, 0.6) is 5.75 Å². The van der Waals surface area contributed by atoms with Gasteiger partial charge in [0.15, 0.2) is 0 Å². The Balaban J connectivity index is 1.07. The van der Waals surface area contributed by atoms with Gasteiger partial charge in [-0.15, -0.1) is 11.3 Å². The van der Waals surface area contributed by atoms with Crippen LogP contribution in [0.25, 0.3) is 10.2 Å². The summed E-state index contributed by atoms with van der Waals surface area (Å²) in [6, 6.07) is 15.8. The second-order valence-corrected chi connectivity index (χ2v) is 10.0. The van der Waals surface area contributed by atoms with E-state index in [9.17, 15) is 9.90 Å². The molecule has 1 unspecified atom stereocenters. The molecule has 1 aromatic heterocycles. The molecule has 3 aromatic rings. The van der Waals surface area contributed by atoms with Gasteiger partial charge in [0, 0.05) is 51.0 Å². The summed E-state index contributed by atoms with van der Waals surface area (Å²) in [5.74, 6) is 0.940. The standard InChI is InChI=1S/C25H30N4O3S/c1-18-26-22-15-21(7-8-24(22)33-18)32-17-20(30)16-27-11-13-28(14-12-27)23-9-10-29(25(23)31)19-5-3-2-4-6-19/h2-8,15,20,23,30H,9-14,16-17H2,1H3/t20-,23?/m1/s1. The van der Waals surface area contributed by atoms with Gasteiger partial charge in [-0.1, -0.05) is 18.2 Å². The van der Waals surface area contributed by atoms with E-state index < -0.39 is 6.10 Å². The number of piperazine rings is 1. The van der Waals surface area contributed by atoms with Gasteiger partial charge in [0.05, 0.1) is 21.3 Å². The van der Waals surface area contributed by atoms with E-state index in [2.05, 4.69) is 14.8 Å². The van der Waals surface area contributed by atoms with Gasteiger partial charge in [0.1, 0.15) is 18.5 Å². The molecule has 2 fully saturated rings. The Morgan fingerprint density at radius 1 is 1.12 bits per heavy atom. The van der Waals surface area contributed by atoms with Crippen molar-refractivity contribution in [3.8, 4) is 5.75 Å². The van der Waals surface area contributed by atoms with Gasteiger partial charge in [-0.2, -0.15) is 0 Å². The predicted molar refractivity (Wildman–Crippen MR) is 131 cm³/mol. The molecule has 3 heterocycles. The molecule has 2 aliphatic rings. The van der Waals surface area contributed by atoms with Crippen LogP contribution in [0.15, 0.2) is 48.5 Å². The summed E-state index contributed by atoms with van der Waals surface area (Å²) >= 11 is 1.67. The minimum Gasteiger partial charge on any atom is -0.491 e. The fraction of sp³-hybridized carbons (Fsp3) is 0.440. The summed E-state index contributed by atoms with van der Waals surface area (Å²) in [5.41, 5.74) is 1.92. The van der Waals surface area contributed by atoms with Crippen molar-refractivity contribution in [3.05, 3.63) is 53.5 Å². The number of carbonyl (C=O) groups excluding carboxylic acids is 1. The van der Waals surface area contributed by atoms with E-state index in [0.717, 1.165) is 65.8 Å². The molecule has 174 valence electrons. The number of nitrogens with zero attached hydrogens (tertiary/aromatic N) is 4. The van der Waals surface area contributed by atoms with Gasteiger partial charge in [-0.3, -0.25) is 14.6 Å². The minimum absolute atomic E-state index is 0.0371. The average molecular weight is 467 g/mol. The third-order valence-electron chi connectivity index (χ3n) is 6.47. The van der Waals surface area contributed by atoms with Crippen LogP contribution in [0.3, 0.4) is 0 Å². The Bertz CT molecular complexity index is 1100. The number of anilines is 1. The van der Waals surface area contributed by atoms with Gasteiger partial charge >= 0.3 is 0 Å². The largest absolute Gasteiger partial charge is 0.491 e. The highest BCUT2D eigenvalue weighted by Crippen LogP contribution is 2.26. The van der Waals surface area contributed by atoms with Crippen LogP contribution in [0.1, 0.15) is 11.4 Å². The normalized spacial score (nSPS) is 21.1. The van der Waals surface area contributed by atoms with Crippen LogP contribution in [0.4, 0.5) is 5.69 Å². The molecule has 8 heteroatoms. The smallest absolute Gasteiger partial charge is 0.244 e. The highest BCUT2D eigenvalue weighted by atomic mass is 32.1. The van der Waals surface area contributed by atoms with E-state index in [4.69, 9.17) is 4.74 Å². The Morgan fingerprint density at radius 2 is 1.91 bits per heavy atom. The zero-order chi connectivity index (χ0) is 22.8. The van der Waals surface area contributed by atoms with Crippen molar-refractivity contribution >= 4 is 33.1 Å². The van der Waals surface area contributed by atoms with E-state index in [1.165, 1.54) is 0 Å². The molecule has 1 amide bonds. The van der Waals surface area contributed by atoms with Crippen LogP contribution in [0, 0.1) is 6.92 Å². The summed E-state index contributed by atoms with van der Waals surface area (Å²) in [6.07, 6.45) is 0.304. The number of aliphatic hydroxyl groups excluding tert-OH is 1. The first kappa shape index (κ1) is 22.3. The maximum atomic E-state index is 13.0. The monoisotopic (exact) mass is 466 g/mol. The highest BCUT2D eigenvalue weighted by Gasteiger charge is 2.37. The molecule has 7 nitrogen and oxygen atoms in total. The van der Waals surface area contributed by atoms with E-state index in [0.29, 0.717) is 6.54 Å². The molecule has 0 bridgehead atoms. The molecule has 2 aliphatic heterocycles. The number of para-hydroxylation sites is 1. The summed E-state index contributed by atoms with van der Waals surface area (Å²) < 4.78 is 6.97. The van der Waals surface area contributed by atoms with E-state index >= 15 is 0 Å². The number of ether oxygens (including phenoxy) is 1. The second-order valence-electron chi connectivity index (χ2n) is 8.79. The van der Waals surface area contributed by atoms with Crippen LogP contribution in [-0.2, 0) is 4.79 Å². The lowest BCUT2D eigenvalue weighted by atomic mass is 10.1. The Kier molecular flexibility index (Phi) is 6.59. The van der Waals surface area contributed by atoms with Crippen LogP contribution < -0.4 is 9.64 Å². The van der Waals surface area contributed by atoms with Crippen molar-refractivity contribution in [3.63, 3.8) is 0 Å². The molecular formula is C25H30N4O3S. The first-order valence-corrected chi connectivity index (χ1v) is 12.4. The fourth-order valence-corrected chi connectivity index (χ4v) is 5.59. The first-order chi connectivity index (χ1) is 16.1. The van der Waals surface area contributed by atoms with Crippen molar-refractivity contribution in [1.82, 2.24) is 14.8 Å². The Morgan fingerprint density at radius 3 is 2.70 bits per heavy atom. The number of aromatic nitrogens is 1. The SMILES string of the molecule is Cc1nc2cc(OC[C@H](O)CN3CCN(C4CCN(c5ccccc5)C4=O)CC3)ccc2s1. The molecule has 0 radical (unpaired) electrons. The van der Waals surface area contributed by atoms with E-state index in [1.54, 1.807) is 11.3 Å². The van der Waals surface area contributed by atoms with Gasteiger partial charge in [-0.25, -0.2) is 4.98 Å². The van der Waals surface area contributed by atoms with Gasteiger partial charge in [-0.05, 0) is 37.6 Å². The van der Waals surface area contributed by atoms with Crippen molar-refractivity contribution < 1.29 is 14.6 Å². The van der Waals surface area contributed by atoms with Crippen LogP contribution in [0.2, 0.25) is 0 Å². The number of carbonyl (C=O) groups is 1. The molecule has 5 rings (SSSR count). The second kappa shape index (κ2) is 9.77. The molecule has 33 heavy (non-hydrogen) atoms. The predicted octanol–water partition coefficient (Wildman–Crippen LogP) is 2.77. The quantitative estimate of drug-likeness (QED) is 0.578. The maximum absolute atomic E-state index is 13.0. The van der Waals surface area contributed by atoms with Crippen molar-refractivity contribution in [1.29, 1.82) is 0 Å². The molecule has 1 N–H and O–H groups in total. The van der Waals surface area contributed by atoms with Gasteiger partial charge in [0.25, 0.3) is 0 Å². The number of amides is 1. The molecule has 2 saturated heterocycles. The molecular weight excluding hydrogens is 436 g/mol. The zero-order valence-corrected chi connectivity index (χ0v) is 19.7. The van der Waals surface area contributed by atoms with Gasteiger partial charge in [0.2, 0.25) is 5.91 Å². The minimum atomic E-state index is -0.564. The number of β-amino-alcohol motifs (C(OH)–C–C–N with tert-alkyl or cyclic N) is 1. The Labute approximate surface area is 198 Å². The molecule has 0 saturated carbocycles. The number of aliphatic hydroxyl groups is 1. The number of hydrogen-bond donors (Lipinski definition) is 1. The third-order valence-corrected chi connectivity index (χ3v) is 7.42. The molecule has 0 aliphatic carbocycles. The number of aryl methyl sites for hydroxylation is 1. The zero-order valence-electron chi connectivity index (χ0n) is 18.9. The molecule has 0 spiro atoms. The highest BCUT2D eigenvalue weighted by molar-refractivity contribution is 7.18. The van der Waals surface area contributed by atoms with Crippen molar-refractivity contribution in [2.24, 2.45) is 0 Å². The molecule has 2 aromatic carbocycles. The summed E-state index contributed by atoms with van der Waals surface area (Å²) in [5, 5.41) is 11.5.